The molecule has 0 aliphatic rings. The molecule has 0 amide bonds. The van der Waals surface area contributed by atoms with E-state index in [1.807, 2.05) is 19.1 Å². The lowest BCUT2D eigenvalue weighted by Crippen LogP contribution is -1.75. The van der Waals surface area contributed by atoms with Crippen LogP contribution in [0.2, 0.25) is 0 Å². The SMILES string of the molecule is C=Cc1ccc(C)c(O)c1. The summed E-state index contributed by atoms with van der Waals surface area (Å²) < 4.78 is 0. The smallest absolute Gasteiger partial charge is 0.119 e. The van der Waals surface area contributed by atoms with Crippen LogP contribution in [0.3, 0.4) is 0 Å². The Morgan fingerprint density at radius 2 is 2.20 bits per heavy atom. The van der Waals surface area contributed by atoms with E-state index >= 15 is 0 Å². The molecular formula is C9H10O. The van der Waals surface area contributed by atoms with Crippen LogP contribution >= 0.6 is 0 Å². The first kappa shape index (κ1) is 6.87. The van der Waals surface area contributed by atoms with Crippen LogP contribution in [-0.2, 0) is 0 Å². The maximum atomic E-state index is 9.18. The molecule has 0 radical (unpaired) electrons. The Kier molecular flexibility index (Phi) is 1.76. The molecule has 10 heavy (non-hydrogen) atoms. The summed E-state index contributed by atoms with van der Waals surface area (Å²) in [5.41, 5.74) is 1.84. The van der Waals surface area contributed by atoms with Crippen LogP contribution < -0.4 is 0 Å². The normalized spacial score (nSPS) is 9.30. The molecule has 1 rings (SSSR count). The quantitative estimate of drug-likeness (QED) is 0.625. The molecule has 0 spiro atoms. The third kappa shape index (κ3) is 1.18. The first-order valence-electron chi connectivity index (χ1n) is 3.16. The van der Waals surface area contributed by atoms with E-state index in [4.69, 9.17) is 0 Å². The van der Waals surface area contributed by atoms with E-state index in [0.29, 0.717) is 5.75 Å². The molecule has 1 N–H and O–H groups in total. The van der Waals surface area contributed by atoms with Gasteiger partial charge < -0.3 is 5.11 Å². The van der Waals surface area contributed by atoms with Gasteiger partial charge in [0.1, 0.15) is 5.75 Å². The van der Waals surface area contributed by atoms with Gasteiger partial charge in [-0.1, -0.05) is 24.8 Å². The molecule has 1 aromatic rings. The van der Waals surface area contributed by atoms with Crippen molar-refractivity contribution in [2.45, 2.75) is 6.92 Å². The number of phenols is 1. The lowest BCUT2D eigenvalue weighted by Gasteiger charge is -1.97. The van der Waals surface area contributed by atoms with Gasteiger partial charge in [0.15, 0.2) is 0 Å². The highest BCUT2D eigenvalue weighted by molar-refractivity contribution is 5.51. The molecule has 0 heterocycles. The van der Waals surface area contributed by atoms with Crippen molar-refractivity contribution in [2.75, 3.05) is 0 Å². The van der Waals surface area contributed by atoms with Gasteiger partial charge in [0.2, 0.25) is 0 Å². The summed E-state index contributed by atoms with van der Waals surface area (Å²) in [6, 6.07) is 5.48. The van der Waals surface area contributed by atoms with Gasteiger partial charge in [0, 0.05) is 0 Å². The summed E-state index contributed by atoms with van der Waals surface area (Å²) in [7, 11) is 0. The van der Waals surface area contributed by atoms with Crippen molar-refractivity contribution in [1.29, 1.82) is 0 Å². The first-order valence-corrected chi connectivity index (χ1v) is 3.16. The van der Waals surface area contributed by atoms with E-state index in [9.17, 15) is 5.11 Å². The monoisotopic (exact) mass is 134 g/mol. The summed E-state index contributed by atoms with van der Waals surface area (Å²) in [6.07, 6.45) is 1.71. The Labute approximate surface area is 60.6 Å². The molecule has 1 aromatic carbocycles. The minimum absolute atomic E-state index is 0.331. The number of rotatable bonds is 1. The van der Waals surface area contributed by atoms with E-state index in [-0.39, 0.29) is 0 Å². The summed E-state index contributed by atoms with van der Waals surface area (Å²) >= 11 is 0. The molecule has 52 valence electrons. The summed E-state index contributed by atoms with van der Waals surface area (Å²) in [4.78, 5) is 0. The number of aromatic hydroxyl groups is 1. The van der Waals surface area contributed by atoms with Crippen LogP contribution in [0, 0.1) is 6.92 Å². The van der Waals surface area contributed by atoms with Crippen LogP contribution in [0.15, 0.2) is 24.8 Å². The average molecular weight is 134 g/mol. The molecular weight excluding hydrogens is 124 g/mol. The first-order chi connectivity index (χ1) is 4.74. The lowest BCUT2D eigenvalue weighted by atomic mass is 10.1. The Morgan fingerprint density at radius 1 is 1.50 bits per heavy atom. The van der Waals surface area contributed by atoms with Crippen molar-refractivity contribution in [2.24, 2.45) is 0 Å². The van der Waals surface area contributed by atoms with Gasteiger partial charge in [0.05, 0.1) is 0 Å². The van der Waals surface area contributed by atoms with Crippen molar-refractivity contribution in [3.8, 4) is 5.75 Å². The fourth-order valence-corrected chi connectivity index (χ4v) is 0.753. The van der Waals surface area contributed by atoms with Crippen LogP contribution in [0.25, 0.3) is 6.08 Å². The van der Waals surface area contributed by atoms with E-state index in [2.05, 4.69) is 6.58 Å². The fourth-order valence-electron chi connectivity index (χ4n) is 0.753. The standard InChI is InChI=1S/C9H10O/c1-3-8-5-4-7(2)9(10)6-8/h3-6,10H,1H2,2H3. The zero-order chi connectivity index (χ0) is 7.56. The molecule has 0 aromatic heterocycles. The van der Waals surface area contributed by atoms with Crippen molar-refractivity contribution in [3.63, 3.8) is 0 Å². The lowest BCUT2D eigenvalue weighted by molar-refractivity contribution is 0.471. The highest BCUT2D eigenvalue weighted by Gasteiger charge is 1.93. The Hall–Kier alpha value is -1.24. The highest BCUT2D eigenvalue weighted by atomic mass is 16.3. The number of hydrogen-bond acceptors (Lipinski definition) is 1. The number of phenolic OH excluding ortho intramolecular Hbond substituents is 1. The van der Waals surface area contributed by atoms with E-state index in [0.717, 1.165) is 11.1 Å². The Morgan fingerprint density at radius 3 is 2.70 bits per heavy atom. The van der Waals surface area contributed by atoms with Gasteiger partial charge in [-0.25, -0.2) is 0 Å². The van der Waals surface area contributed by atoms with Crippen molar-refractivity contribution < 1.29 is 5.11 Å². The molecule has 0 aliphatic carbocycles. The van der Waals surface area contributed by atoms with Crippen LogP contribution in [0.1, 0.15) is 11.1 Å². The molecule has 1 heteroatoms. The minimum atomic E-state index is 0.331. The van der Waals surface area contributed by atoms with Crippen LogP contribution in [0.4, 0.5) is 0 Å². The van der Waals surface area contributed by atoms with E-state index in [1.165, 1.54) is 0 Å². The predicted octanol–water partition coefficient (Wildman–Crippen LogP) is 2.34. The molecule has 0 saturated heterocycles. The third-order valence-corrected chi connectivity index (χ3v) is 1.47. The molecule has 0 atom stereocenters. The van der Waals surface area contributed by atoms with Crippen LogP contribution in [-0.4, -0.2) is 5.11 Å². The second-order valence-electron chi connectivity index (χ2n) is 2.25. The Balaban J connectivity index is 3.16. The molecule has 0 fully saturated rings. The van der Waals surface area contributed by atoms with Gasteiger partial charge in [-0.05, 0) is 24.1 Å². The zero-order valence-corrected chi connectivity index (χ0v) is 5.96. The topological polar surface area (TPSA) is 20.2 Å². The second kappa shape index (κ2) is 2.56. The molecule has 0 bridgehead atoms. The van der Waals surface area contributed by atoms with E-state index in [1.54, 1.807) is 12.1 Å². The van der Waals surface area contributed by atoms with Gasteiger partial charge in [-0.2, -0.15) is 0 Å². The van der Waals surface area contributed by atoms with Gasteiger partial charge in [0.25, 0.3) is 0 Å². The Bertz CT molecular complexity index is 251. The van der Waals surface area contributed by atoms with Gasteiger partial charge in [-0.15, -0.1) is 0 Å². The highest BCUT2D eigenvalue weighted by Crippen LogP contribution is 2.17. The van der Waals surface area contributed by atoms with Crippen molar-refractivity contribution in [3.05, 3.63) is 35.9 Å². The van der Waals surface area contributed by atoms with Crippen molar-refractivity contribution in [1.82, 2.24) is 0 Å². The largest absolute Gasteiger partial charge is 0.508 e. The second-order valence-corrected chi connectivity index (χ2v) is 2.25. The minimum Gasteiger partial charge on any atom is -0.508 e. The predicted molar refractivity (Wildman–Crippen MR) is 42.9 cm³/mol. The fraction of sp³-hybridized carbons (Fsp3) is 0.111. The number of benzene rings is 1. The number of hydrogen-bond donors (Lipinski definition) is 1. The third-order valence-electron chi connectivity index (χ3n) is 1.47. The number of aryl methyl sites for hydroxylation is 1. The molecule has 0 unspecified atom stereocenters. The maximum Gasteiger partial charge on any atom is 0.119 e. The van der Waals surface area contributed by atoms with E-state index < -0.39 is 0 Å². The van der Waals surface area contributed by atoms with Crippen molar-refractivity contribution >= 4 is 6.08 Å². The summed E-state index contributed by atoms with van der Waals surface area (Å²) in [6.45, 7) is 5.45. The summed E-state index contributed by atoms with van der Waals surface area (Å²) in [5.74, 6) is 0.331. The zero-order valence-electron chi connectivity index (χ0n) is 5.96. The summed E-state index contributed by atoms with van der Waals surface area (Å²) in [5, 5.41) is 9.18. The molecule has 0 saturated carbocycles. The van der Waals surface area contributed by atoms with Gasteiger partial charge >= 0.3 is 0 Å². The molecule has 1 nitrogen and oxygen atoms in total. The van der Waals surface area contributed by atoms with Crippen LogP contribution in [0.5, 0.6) is 5.75 Å². The van der Waals surface area contributed by atoms with Gasteiger partial charge in [-0.3, -0.25) is 0 Å². The molecule has 0 aliphatic heterocycles. The maximum absolute atomic E-state index is 9.18. The average Bonchev–Trinajstić information content (AvgIpc) is 1.95.